The van der Waals surface area contributed by atoms with E-state index in [4.69, 9.17) is 0 Å². The first-order valence-electron chi connectivity index (χ1n) is 5.72. The number of nitrogens with one attached hydrogen (secondary N) is 1. The molecule has 1 rings (SSSR count). The summed E-state index contributed by atoms with van der Waals surface area (Å²) in [6.07, 6.45) is 7.32. The van der Waals surface area contributed by atoms with Gasteiger partial charge in [-0.25, -0.2) is 0 Å². The molecule has 0 radical (unpaired) electrons. The van der Waals surface area contributed by atoms with Crippen LogP contribution >= 0.6 is 0 Å². The summed E-state index contributed by atoms with van der Waals surface area (Å²) in [6, 6.07) is 0. The van der Waals surface area contributed by atoms with Crippen LogP contribution in [-0.4, -0.2) is 22.9 Å². The summed E-state index contributed by atoms with van der Waals surface area (Å²) in [5.41, 5.74) is 2.62. The molecule has 3 nitrogen and oxygen atoms in total. The Morgan fingerprint density at radius 1 is 1.47 bits per heavy atom. The summed E-state index contributed by atoms with van der Waals surface area (Å²) >= 11 is 0. The summed E-state index contributed by atoms with van der Waals surface area (Å²) in [7, 11) is 0. The van der Waals surface area contributed by atoms with Gasteiger partial charge in [0.05, 0.1) is 6.20 Å². The first-order chi connectivity index (χ1) is 7.30. The Labute approximate surface area is 92.2 Å². The van der Waals surface area contributed by atoms with Crippen molar-refractivity contribution in [2.24, 2.45) is 0 Å². The molecule has 0 aliphatic heterocycles. The number of nitrogens with zero attached hydrogens (tertiary/aromatic N) is 2. The second-order valence-electron chi connectivity index (χ2n) is 3.57. The third-order valence-electron chi connectivity index (χ3n) is 2.40. The van der Waals surface area contributed by atoms with Crippen LogP contribution in [0.15, 0.2) is 18.0 Å². The quantitative estimate of drug-likeness (QED) is 0.775. The predicted octanol–water partition coefficient (Wildman–Crippen LogP) is 2.31. The van der Waals surface area contributed by atoms with E-state index in [0.717, 1.165) is 26.1 Å². The van der Waals surface area contributed by atoms with Crippen molar-refractivity contribution >= 4 is 6.08 Å². The maximum Gasteiger partial charge on any atom is 0.0562 e. The van der Waals surface area contributed by atoms with Crippen molar-refractivity contribution < 1.29 is 0 Å². The fourth-order valence-corrected chi connectivity index (χ4v) is 1.43. The average molecular weight is 207 g/mol. The van der Waals surface area contributed by atoms with E-state index < -0.39 is 0 Å². The molecule has 0 unspecified atom stereocenters. The number of rotatable bonds is 6. The molecule has 0 fully saturated rings. The summed E-state index contributed by atoms with van der Waals surface area (Å²) in [5.74, 6) is 0. The normalized spacial score (nSPS) is 12.1. The first-order valence-corrected chi connectivity index (χ1v) is 5.72. The Bertz CT molecular complexity index is 312. The third-order valence-corrected chi connectivity index (χ3v) is 2.40. The molecule has 0 aliphatic rings. The van der Waals surface area contributed by atoms with Gasteiger partial charge < -0.3 is 5.32 Å². The van der Waals surface area contributed by atoms with Crippen LogP contribution in [0.1, 0.15) is 32.8 Å². The minimum Gasteiger partial charge on any atom is -0.313 e. The zero-order chi connectivity index (χ0) is 11.1. The molecule has 0 bridgehead atoms. The Kier molecular flexibility index (Phi) is 5.12. The van der Waals surface area contributed by atoms with Gasteiger partial charge in [-0.05, 0) is 19.9 Å². The summed E-state index contributed by atoms with van der Waals surface area (Å²) in [5, 5.41) is 7.60. The maximum atomic E-state index is 4.25. The topological polar surface area (TPSA) is 29.9 Å². The van der Waals surface area contributed by atoms with Crippen molar-refractivity contribution in [1.29, 1.82) is 0 Å². The minimum atomic E-state index is 0.933. The lowest BCUT2D eigenvalue weighted by Gasteiger charge is -2.04. The molecule has 0 spiro atoms. The molecule has 1 aromatic heterocycles. The lowest BCUT2D eigenvalue weighted by Crippen LogP contribution is -2.15. The van der Waals surface area contributed by atoms with Crippen LogP contribution in [0.4, 0.5) is 0 Å². The van der Waals surface area contributed by atoms with Crippen LogP contribution in [0.25, 0.3) is 6.08 Å². The first kappa shape index (κ1) is 12.0. The SMILES string of the molecule is CCNCC(=Cc1cnn(CC)c1)CC. The van der Waals surface area contributed by atoms with Crippen LogP contribution in [-0.2, 0) is 6.54 Å². The van der Waals surface area contributed by atoms with Crippen molar-refractivity contribution in [3.63, 3.8) is 0 Å². The van der Waals surface area contributed by atoms with Crippen molar-refractivity contribution in [2.45, 2.75) is 33.7 Å². The van der Waals surface area contributed by atoms with Crippen molar-refractivity contribution in [3.8, 4) is 0 Å². The van der Waals surface area contributed by atoms with E-state index in [0.29, 0.717) is 0 Å². The highest BCUT2D eigenvalue weighted by atomic mass is 15.3. The Balaban J connectivity index is 2.65. The van der Waals surface area contributed by atoms with Crippen molar-refractivity contribution in [1.82, 2.24) is 15.1 Å². The number of aryl methyl sites for hydroxylation is 1. The molecule has 1 aromatic rings. The third kappa shape index (κ3) is 3.88. The van der Waals surface area contributed by atoms with E-state index in [1.54, 1.807) is 0 Å². The van der Waals surface area contributed by atoms with Gasteiger partial charge in [-0.1, -0.05) is 25.5 Å². The monoisotopic (exact) mass is 207 g/mol. The fourth-order valence-electron chi connectivity index (χ4n) is 1.43. The van der Waals surface area contributed by atoms with Crippen LogP contribution in [0.5, 0.6) is 0 Å². The van der Waals surface area contributed by atoms with Gasteiger partial charge in [-0.15, -0.1) is 0 Å². The van der Waals surface area contributed by atoms with Gasteiger partial charge in [0.1, 0.15) is 0 Å². The molecule has 0 saturated heterocycles. The maximum absolute atomic E-state index is 4.25. The van der Waals surface area contributed by atoms with E-state index in [1.165, 1.54) is 11.1 Å². The van der Waals surface area contributed by atoms with E-state index in [1.807, 2.05) is 10.9 Å². The Hall–Kier alpha value is -1.09. The van der Waals surface area contributed by atoms with Crippen molar-refractivity contribution in [3.05, 3.63) is 23.5 Å². The van der Waals surface area contributed by atoms with E-state index in [9.17, 15) is 0 Å². The number of hydrogen-bond donors (Lipinski definition) is 1. The summed E-state index contributed by atoms with van der Waals surface area (Å²) < 4.78 is 1.95. The number of hydrogen-bond acceptors (Lipinski definition) is 2. The van der Waals surface area contributed by atoms with E-state index in [2.05, 4.69) is 43.5 Å². The van der Waals surface area contributed by atoms with E-state index in [-0.39, 0.29) is 0 Å². The molecular formula is C12H21N3. The zero-order valence-corrected chi connectivity index (χ0v) is 9.95. The van der Waals surface area contributed by atoms with Crippen LogP contribution in [0, 0.1) is 0 Å². The smallest absolute Gasteiger partial charge is 0.0562 e. The zero-order valence-electron chi connectivity index (χ0n) is 9.95. The van der Waals surface area contributed by atoms with Crippen LogP contribution in [0.2, 0.25) is 0 Å². The summed E-state index contributed by atoms with van der Waals surface area (Å²) in [4.78, 5) is 0. The second kappa shape index (κ2) is 6.40. The molecule has 0 atom stereocenters. The molecule has 0 aromatic carbocycles. The van der Waals surface area contributed by atoms with Crippen LogP contribution < -0.4 is 5.32 Å². The number of likely N-dealkylation sites (N-methyl/N-ethyl adjacent to an activating group) is 1. The minimum absolute atomic E-state index is 0.933. The molecule has 0 aliphatic carbocycles. The van der Waals surface area contributed by atoms with Gasteiger partial charge in [0, 0.05) is 24.8 Å². The molecule has 0 saturated carbocycles. The standard InChI is InChI=1S/C12H21N3/c1-4-11(8-13-5-2)7-12-9-14-15(6-3)10-12/h7,9-10,13H,4-6,8H2,1-3H3. The van der Waals surface area contributed by atoms with Gasteiger partial charge in [0.15, 0.2) is 0 Å². The molecular weight excluding hydrogens is 186 g/mol. The summed E-state index contributed by atoms with van der Waals surface area (Å²) in [6.45, 7) is 9.34. The average Bonchev–Trinajstić information content (AvgIpc) is 2.71. The molecule has 3 heteroatoms. The van der Waals surface area contributed by atoms with Gasteiger partial charge in [-0.2, -0.15) is 5.10 Å². The number of aromatic nitrogens is 2. The Morgan fingerprint density at radius 2 is 2.27 bits per heavy atom. The van der Waals surface area contributed by atoms with Gasteiger partial charge in [0.2, 0.25) is 0 Å². The van der Waals surface area contributed by atoms with Crippen LogP contribution in [0.3, 0.4) is 0 Å². The molecule has 84 valence electrons. The lowest BCUT2D eigenvalue weighted by molar-refractivity contribution is 0.660. The van der Waals surface area contributed by atoms with E-state index >= 15 is 0 Å². The molecule has 1 N–H and O–H groups in total. The second-order valence-corrected chi connectivity index (χ2v) is 3.57. The van der Waals surface area contributed by atoms with Gasteiger partial charge in [-0.3, -0.25) is 4.68 Å². The predicted molar refractivity (Wildman–Crippen MR) is 64.7 cm³/mol. The molecule has 0 amide bonds. The molecule has 15 heavy (non-hydrogen) atoms. The highest BCUT2D eigenvalue weighted by molar-refractivity contribution is 5.51. The largest absolute Gasteiger partial charge is 0.313 e. The Morgan fingerprint density at radius 3 is 2.80 bits per heavy atom. The lowest BCUT2D eigenvalue weighted by atomic mass is 10.1. The van der Waals surface area contributed by atoms with Gasteiger partial charge in [0.25, 0.3) is 0 Å². The molecule has 1 heterocycles. The van der Waals surface area contributed by atoms with Crippen molar-refractivity contribution in [2.75, 3.05) is 13.1 Å². The highest BCUT2D eigenvalue weighted by Gasteiger charge is 1.97. The highest BCUT2D eigenvalue weighted by Crippen LogP contribution is 2.08. The fraction of sp³-hybridized carbons (Fsp3) is 0.583. The van der Waals surface area contributed by atoms with Gasteiger partial charge >= 0.3 is 0 Å².